The van der Waals surface area contributed by atoms with Crippen LogP contribution in [-0.4, -0.2) is 34.0 Å². The van der Waals surface area contributed by atoms with Crippen LogP contribution >= 0.6 is 0 Å². The zero-order valence-electron chi connectivity index (χ0n) is 13.9. The molecular weight excluding hydrogens is 284 g/mol. The highest BCUT2D eigenvalue weighted by molar-refractivity contribution is 5.84. The molecule has 0 saturated carbocycles. The van der Waals surface area contributed by atoms with E-state index in [0.717, 1.165) is 12.8 Å². The van der Waals surface area contributed by atoms with Crippen molar-refractivity contribution in [2.24, 2.45) is 0 Å². The SMILES string of the molecule is CCCc1noc(CCCC(=O)NCC(=O)NC(C)(C)C)n1. The number of hydrogen-bond donors (Lipinski definition) is 2. The van der Waals surface area contributed by atoms with Crippen LogP contribution in [0.4, 0.5) is 0 Å². The van der Waals surface area contributed by atoms with E-state index in [2.05, 4.69) is 27.7 Å². The predicted molar refractivity (Wildman–Crippen MR) is 82.1 cm³/mol. The van der Waals surface area contributed by atoms with E-state index in [9.17, 15) is 9.59 Å². The predicted octanol–water partition coefficient (Wildman–Crippen LogP) is 1.38. The van der Waals surface area contributed by atoms with Crippen LogP contribution in [0.25, 0.3) is 0 Å². The fourth-order valence-electron chi connectivity index (χ4n) is 1.85. The first-order valence-corrected chi connectivity index (χ1v) is 7.69. The van der Waals surface area contributed by atoms with Gasteiger partial charge < -0.3 is 15.2 Å². The highest BCUT2D eigenvalue weighted by atomic mass is 16.5. The van der Waals surface area contributed by atoms with Crippen molar-refractivity contribution in [2.75, 3.05) is 6.54 Å². The Bertz CT molecular complexity index is 491. The zero-order chi connectivity index (χ0) is 16.6. The third kappa shape index (κ3) is 7.75. The van der Waals surface area contributed by atoms with Gasteiger partial charge in [0.25, 0.3) is 0 Å². The molecule has 0 spiro atoms. The van der Waals surface area contributed by atoms with Crippen molar-refractivity contribution >= 4 is 11.8 Å². The molecular formula is C15H26N4O3. The average Bonchev–Trinajstić information content (AvgIpc) is 2.83. The molecule has 0 radical (unpaired) electrons. The van der Waals surface area contributed by atoms with E-state index < -0.39 is 0 Å². The van der Waals surface area contributed by atoms with E-state index in [1.165, 1.54) is 0 Å². The molecule has 7 nitrogen and oxygen atoms in total. The summed E-state index contributed by atoms with van der Waals surface area (Å²) in [4.78, 5) is 27.5. The van der Waals surface area contributed by atoms with Crippen molar-refractivity contribution in [3.05, 3.63) is 11.7 Å². The van der Waals surface area contributed by atoms with E-state index in [-0.39, 0.29) is 23.9 Å². The Morgan fingerprint density at radius 2 is 1.91 bits per heavy atom. The quantitative estimate of drug-likeness (QED) is 0.756. The molecule has 0 unspecified atom stereocenters. The molecule has 1 aromatic heterocycles. The molecule has 1 aromatic rings. The first-order chi connectivity index (χ1) is 10.3. The smallest absolute Gasteiger partial charge is 0.239 e. The van der Waals surface area contributed by atoms with Crippen LogP contribution in [-0.2, 0) is 22.4 Å². The number of carbonyl (C=O) groups excluding carboxylic acids is 2. The monoisotopic (exact) mass is 310 g/mol. The van der Waals surface area contributed by atoms with Crippen LogP contribution in [0, 0.1) is 0 Å². The maximum absolute atomic E-state index is 11.7. The van der Waals surface area contributed by atoms with E-state index in [1.807, 2.05) is 20.8 Å². The van der Waals surface area contributed by atoms with E-state index in [4.69, 9.17) is 4.52 Å². The Hall–Kier alpha value is -1.92. The Labute approximate surface area is 131 Å². The van der Waals surface area contributed by atoms with Gasteiger partial charge in [0.1, 0.15) is 0 Å². The van der Waals surface area contributed by atoms with Gasteiger partial charge >= 0.3 is 0 Å². The number of aromatic nitrogens is 2. The highest BCUT2D eigenvalue weighted by Crippen LogP contribution is 2.04. The van der Waals surface area contributed by atoms with Crippen LogP contribution in [0.15, 0.2) is 4.52 Å². The minimum atomic E-state index is -0.296. The molecule has 0 fully saturated rings. The van der Waals surface area contributed by atoms with Crippen LogP contribution in [0.3, 0.4) is 0 Å². The first kappa shape index (κ1) is 18.1. The van der Waals surface area contributed by atoms with Crippen molar-refractivity contribution in [3.8, 4) is 0 Å². The van der Waals surface area contributed by atoms with Gasteiger partial charge in [0.15, 0.2) is 5.82 Å². The summed E-state index contributed by atoms with van der Waals surface area (Å²) in [6, 6.07) is 0. The first-order valence-electron chi connectivity index (χ1n) is 7.69. The molecule has 124 valence electrons. The van der Waals surface area contributed by atoms with Crippen LogP contribution in [0.1, 0.15) is 58.7 Å². The van der Waals surface area contributed by atoms with Crippen molar-refractivity contribution < 1.29 is 14.1 Å². The van der Waals surface area contributed by atoms with E-state index in [1.54, 1.807) is 0 Å². The van der Waals surface area contributed by atoms with Gasteiger partial charge in [-0.3, -0.25) is 9.59 Å². The Morgan fingerprint density at radius 3 is 2.55 bits per heavy atom. The maximum Gasteiger partial charge on any atom is 0.239 e. The topological polar surface area (TPSA) is 97.1 Å². The summed E-state index contributed by atoms with van der Waals surface area (Å²) in [5, 5.41) is 9.24. The molecule has 2 N–H and O–H groups in total. The third-order valence-electron chi connectivity index (χ3n) is 2.74. The number of rotatable bonds is 8. The molecule has 0 aliphatic rings. The summed E-state index contributed by atoms with van der Waals surface area (Å²) in [5.41, 5.74) is -0.296. The van der Waals surface area contributed by atoms with Crippen molar-refractivity contribution in [1.29, 1.82) is 0 Å². The van der Waals surface area contributed by atoms with Crippen molar-refractivity contribution in [3.63, 3.8) is 0 Å². The molecule has 0 saturated heterocycles. The van der Waals surface area contributed by atoms with Gasteiger partial charge in [0.2, 0.25) is 17.7 Å². The standard InChI is InChI=1S/C15H26N4O3/c1-5-7-11-17-14(22-19-11)9-6-8-12(20)16-10-13(21)18-15(2,3)4/h5-10H2,1-4H3,(H,16,20)(H,18,21). The van der Waals surface area contributed by atoms with Gasteiger partial charge in [-0.25, -0.2) is 0 Å². The molecule has 0 atom stereocenters. The summed E-state index contributed by atoms with van der Waals surface area (Å²) in [5.74, 6) is 0.918. The largest absolute Gasteiger partial charge is 0.350 e. The van der Waals surface area contributed by atoms with E-state index >= 15 is 0 Å². The summed E-state index contributed by atoms with van der Waals surface area (Å²) in [7, 11) is 0. The summed E-state index contributed by atoms with van der Waals surface area (Å²) < 4.78 is 5.10. The second-order valence-corrected chi connectivity index (χ2v) is 6.28. The molecule has 0 aromatic carbocycles. The minimum absolute atomic E-state index is 0.00267. The molecule has 7 heteroatoms. The van der Waals surface area contributed by atoms with Crippen molar-refractivity contribution in [1.82, 2.24) is 20.8 Å². The molecule has 1 heterocycles. The highest BCUT2D eigenvalue weighted by Gasteiger charge is 2.14. The normalized spacial score (nSPS) is 11.3. The van der Waals surface area contributed by atoms with E-state index in [0.29, 0.717) is 31.0 Å². The fourth-order valence-corrected chi connectivity index (χ4v) is 1.85. The van der Waals surface area contributed by atoms with Crippen LogP contribution in [0.2, 0.25) is 0 Å². The Balaban J connectivity index is 2.19. The Kier molecular flexibility index (Phi) is 7.01. The molecule has 0 aliphatic carbocycles. The summed E-state index contributed by atoms with van der Waals surface area (Å²) >= 11 is 0. The van der Waals surface area contributed by atoms with Gasteiger partial charge in [-0.1, -0.05) is 12.1 Å². The lowest BCUT2D eigenvalue weighted by Gasteiger charge is -2.20. The second-order valence-electron chi connectivity index (χ2n) is 6.28. The lowest BCUT2D eigenvalue weighted by Crippen LogP contribution is -2.45. The summed E-state index contributed by atoms with van der Waals surface area (Å²) in [6.07, 6.45) is 3.28. The van der Waals surface area contributed by atoms with Crippen LogP contribution in [0.5, 0.6) is 0 Å². The van der Waals surface area contributed by atoms with Gasteiger partial charge in [-0.2, -0.15) is 4.98 Å². The molecule has 0 aliphatic heterocycles. The van der Waals surface area contributed by atoms with Gasteiger partial charge in [-0.15, -0.1) is 0 Å². The number of nitrogens with zero attached hydrogens (tertiary/aromatic N) is 2. The number of carbonyl (C=O) groups is 2. The molecule has 22 heavy (non-hydrogen) atoms. The maximum atomic E-state index is 11.7. The molecule has 0 bridgehead atoms. The van der Waals surface area contributed by atoms with Crippen LogP contribution < -0.4 is 10.6 Å². The van der Waals surface area contributed by atoms with Crippen molar-refractivity contribution in [2.45, 2.75) is 65.3 Å². The number of aryl methyl sites for hydroxylation is 2. The number of hydrogen-bond acceptors (Lipinski definition) is 5. The fraction of sp³-hybridized carbons (Fsp3) is 0.733. The Morgan fingerprint density at radius 1 is 1.18 bits per heavy atom. The number of nitrogens with one attached hydrogen (secondary N) is 2. The lowest BCUT2D eigenvalue weighted by molar-refractivity contribution is -0.126. The van der Waals surface area contributed by atoms with Gasteiger partial charge in [0.05, 0.1) is 6.54 Å². The lowest BCUT2D eigenvalue weighted by atomic mass is 10.1. The average molecular weight is 310 g/mol. The molecule has 2 amide bonds. The second kappa shape index (κ2) is 8.51. The minimum Gasteiger partial charge on any atom is -0.350 e. The molecule has 1 rings (SSSR count). The summed E-state index contributed by atoms with van der Waals surface area (Å²) in [6.45, 7) is 7.73. The van der Waals surface area contributed by atoms with Gasteiger partial charge in [-0.05, 0) is 33.6 Å². The zero-order valence-corrected chi connectivity index (χ0v) is 13.9. The third-order valence-corrected chi connectivity index (χ3v) is 2.74. The van der Waals surface area contributed by atoms with Gasteiger partial charge in [0, 0.05) is 24.8 Å². The number of amides is 2.